The quantitative estimate of drug-likeness (QED) is 0.313. The highest BCUT2D eigenvalue weighted by Gasteiger charge is 2.27. The van der Waals surface area contributed by atoms with Crippen molar-refractivity contribution in [1.82, 2.24) is 4.90 Å². The van der Waals surface area contributed by atoms with Crippen molar-refractivity contribution in [3.8, 4) is 12.3 Å². The van der Waals surface area contributed by atoms with Gasteiger partial charge in [-0.25, -0.2) is 0 Å². The van der Waals surface area contributed by atoms with Crippen molar-refractivity contribution < 1.29 is 9.59 Å². The number of nitrogens with zero attached hydrogens (tertiary/aromatic N) is 4. The second-order valence-electron chi connectivity index (χ2n) is 3.85. The summed E-state index contributed by atoms with van der Waals surface area (Å²) in [4.78, 5) is 27.0. The van der Waals surface area contributed by atoms with E-state index >= 15 is 0 Å². The minimum atomic E-state index is -0.461. The van der Waals surface area contributed by atoms with Crippen LogP contribution in [0.5, 0.6) is 0 Å². The molecule has 0 aliphatic carbocycles. The first-order valence-electron chi connectivity index (χ1n) is 5.50. The molecule has 1 unspecified atom stereocenters. The third-order valence-corrected chi connectivity index (χ3v) is 2.62. The maximum atomic E-state index is 11.8. The van der Waals surface area contributed by atoms with E-state index in [0.29, 0.717) is 32.2 Å². The molecule has 1 rings (SSSR count). The lowest BCUT2D eigenvalue weighted by molar-refractivity contribution is -0.142. The second-order valence-corrected chi connectivity index (χ2v) is 3.85. The van der Waals surface area contributed by atoms with Crippen LogP contribution in [0.1, 0.15) is 32.1 Å². The Labute approximate surface area is 99.6 Å². The topological polar surface area (TPSA) is 86.1 Å². The lowest BCUT2D eigenvalue weighted by Crippen LogP contribution is -2.33. The van der Waals surface area contributed by atoms with Crippen molar-refractivity contribution in [2.45, 2.75) is 38.1 Å². The predicted octanol–water partition coefficient (Wildman–Crippen LogP) is 1.62. The number of carbonyl (C=O) groups is 2. The molecule has 6 heteroatoms. The first-order chi connectivity index (χ1) is 8.19. The van der Waals surface area contributed by atoms with E-state index in [1.54, 1.807) is 0 Å². The Balaban J connectivity index is 2.54. The first-order valence-corrected chi connectivity index (χ1v) is 5.50. The molecule has 0 radical (unpaired) electrons. The maximum absolute atomic E-state index is 11.8. The summed E-state index contributed by atoms with van der Waals surface area (Å²) in [5.41, 5.74) is 8.38. The average molecular weight is 234 g/mol. The van der Waals surface area contributed by atoms with Crippen LogP contribution in [0, 0.1) is 12.3 Å². The highest BCUT2D eigenvalue weighted by Crippen LogP contribution is 2.15. The van der Waals surface area contributed by atoms with Crippen LogP contribution in [-0.2, 0) is 9.59 Å². The van der Waals surface area contributed by atoms with Gasteiger partial charge in [0.05, 0.1) is 0 Å². The molecule has 1 fully saturated rings. The van der Waals surface area contributed by atoms with Crippen molar-refractivity contribution in [2.75, 3.05) is 6.54 Å². The Kier molecular flexibility index (Phi) is 5.05. The van der Waals surface area contributed by atoms with Crippen LogP contribution in [0.4, 0.5) is 0 Å². The molecule has 1 aliphatic rings. The molecule has 6 nitrogen and oxygen atoms in total. The van der Waals surface area contributed by atoms with Gasteiger partial charge in [0.2, 0.25) is 11.8 Å². The fourth-order valence-corrected chi connectivity index (χ4v) is 1.75. The molecular formula is C11H14N4O2. The van der Waals surface area contributed by atoms with Crippen LogP contribution in [0.15, 0.2) is 5.11 Å². The van der Waals surface area contributed by atoms with E-state index in [4.69, 9.17) is 12.0 Å². The molecule has 2 amide bonds. The van der Waals surface area contributed by atoms with E-state index in [9.17, 15) is 9.59 Å². The Morgan fingerprint density at radius 1 is 1.71 bits per heavy atom. The summed E-state index contributed by atoms with van der Waals surface area (Å²) in [5.74, 6) is 2.01. The summed E-state index contributed by atoms with van der Waals surface area (Å²) >= 11 is 0. The number of hydrogen-bond donors (Lipinski definition) is 0. The Morgan fingerprint density at radius 2 is 2.47 bits per heavy atom. The van der Waals surface area contributed by atoms with Gasteiger partial charge in [-0.1, -0.05) is 5.11 Å². The van der Waals surface area contributed by atoms with E-state index in [0.717, 1.165) is 0 Å². The summed E-state index contributed by atoms with van der Waals surface area (Å²) in [6.07, 6.45) is 7.21. The summed E-state index contributed by atoms with van der Waals surface area (Å²) < 4.78 is 0. The molecule has 0 bridgehead atoms. The van der Waals surface area contributed by atoms with Crippen LogP contribution >= 0.6 is 0 Å². The van der Waals surface area contributed by atoms with Gasteiger partial charge in [-0.3, -0.25) is 14.5 Å². The van der Waals surface area contributed by atoms with Gasteiger partial charge in [0.25, 0.3) is 0 Å². The Bertz CT molecular complexity index is 393. The van der Waals surface area contributed by atoms with Gasteiger partial charge < -0.3 is 0 Å². The smallest absolute Gasteiger partial charge is 0.229 e. The number of terminal acetylenes is 1. The van der Waals surface area contributed by atoms with Crippen LogP contribution in [0.2, 0.25) is 0 Å². The second kappa shape index (κ2) is 6.56. The van der Waals surface area contributed by atoms with Crippen molar-refractivity contribution in [1.29, 1.82) is 0 Å². The molecule has 0 spiro atoms. The van der Waals surface area contributed by atoms with Crippen molar-refractivity contribution in [2.24, 2.45) is 5.11 Å². The van der Waals surface area contributed by atoms with Gasteiger partial charge in [-0.05, 0) is 18.4 Å². The van der Waals surface area contributed by atoms with E-state index < -0.39 is 6.04 Å². The minimum Gasteiger partial charge on any atom is -0.283 e. The molecule has 1 saturated heterocycles. The van der Waals surface area contributed by atoms with E-state index in [2.05, 4.69) is 15.9 Å². The molecular weight excluding hydrogens is 220 g/mol. The van der Waals surface area contributed by atoms with Crippen molar-refractivity contribution in [3.05, 3.63) is 10.4 Å². The molecule has 1 atom stereocenters. The van der Waals surface area contributed by atoms with Crippen molar-refractivity contribution >= 4 is 11.8 Å². The minimum absolute atomic E-state index is 0.0531. The van der Waals surface area contributed by atoms with Gasteiger partial charge in [0.1, 0.15) is 0 Å². The maximum Gasteiger partial charge on any atom is 0.229 e. The lowest BCUT2D eigenvalue weighted by Gasteiger charge is -2.16. The van der Waals surface area contributed by atoms with Crippen LogP contribution in [-0.4, -0.2) is 29.3 Å². The van der Waals surface area contributed by atoms with E-state index in [1.165, 1.54) is 4.90 Å². The summed E-state index contributed by atoms with van der Waals surface area (Å²) in [6.45, 7) is 0.468. The zero-order valence-electron chi connectivity index (χ0n) is 9.50. The molecule has 1 heterocycles. The molecule has 0 aromatic heterocycles. The molecule has 17 heavy (non-hydrogen) atoms. The fourth-order valence-electron chi connectivity index (χ4n) is 1.75. The predicted molar refractivity (Wildman–Crippen MR) is 61.6 cm³/mol. The molecule has 1 aliphatic heterocycles. The highest BCUT2D eigenvalue weighted by molar-refractivity contribution is 5.96. The number of azide groups is 1. The Morgan fingerprint density at radius 3 is 3.00 bits per heavy atom. The van der Waals surface area contributed by atoms with Crippen LogP contribution in [0.3, 0.4) is 0 Å². The van der Waals surface area contributed by atoms with E-state index in [1.807, 2.05) is 0 Å². The summed E-state index contributed by atoms with van der Waals surface area (Å²) in [6, 6.07) is -0.461. The normalized spacial score (nSPS) is 16.2. The highest BCUT2D eigenvalue weighted by atomic mass is 16.2. The molecule has 0 aromatic carbocycles. The number of likely N-dealkylation sites (tertiary alicyclic amines) is 1. The van der Waals surface area contributed by atoms with Crippen LogP contribution in [0.25, 0.3) is 10.4 Å². The van der Waals surface area contributed by atoms with Gasteiger partial charge in [-0.15, -0.1) is 12.3 Å². The fraction of sp³-hybridized carbons (Fsp3) is 0.636. The number of rotatable bonds is 5. The molecule has 90 valence electrons. The summed E-state index contributed by atoms with van der Waals surface area (Å²) in [7, 11) is 0. The first kappa shape index (κ1) is 13.1. The number of imide groups is 1. The SMILES string of the molecule is C#CCCC(CC(=O)N1CCCC1=O)N=[N+]=[N-]. The van der Waals surface area contributed by atoms with Crippen LogP contribution < -0.4 is 0 Å². The van der Waals surface area contributed by atoms with Gasteiger partial charge in [-0.2, -0.15) is 0 Å². The van der Waals surface area contributed by atoms with E-state index in [-0.39, 0.29) is 18.2 Å². The number of hydrogen-bond acceptors (Lipinski definition) is 3. The van der Waals surface area contributed by atoms with Gasteiger partial charge >= 0.3 is 0 Å². The van der Waals surface area contributed by atoms with Gasteiger partial charge in [0.15, 0.2) is 0 Å². The Hall–Kier alpha value is -1.99. The lowest BCUT2D eigenvalue weighted by atomic mass is 10.1. The summed E-state index contributed by atoms with van der Waals surface area (Å²) in [5, 5.41) is 3.52. The monoisotopic (exact) mass is 234 g/mol. The molecule has 0 aromatic rings. The largest absolute Gasteiger partial charge is 0.283 e. The standard InChI is InChI=1S/C11H14N4O2/c1-2-3-5-9(13-14-12)8-11(17)15-7-4-6-10(15)16/h1,9H,3-8H2. The average Bonchev–Trinajstić information content (AvgIpc) is 2.72. The molecule has 0 saturated carbocycles. The van der Waals surface area contributed by atoms with Crippen molar-refractivity contribution in [3.63, 3.8) is 0 Å². The van der Waals surface area contributed by atoms with Gasteiger partial charge in [0, 0.05) is 36.8 Å². The third-order valence-electron chi connectivity index (χ3n) is 2.62. The zero-order chi connectivity index (χ0) is 12.7. The zero-order valence-corrected chi connectivity index (χ0v) is 9.50. The number of carbonyl (C=O) groups excluding carboxylic acids is 2. The molecule has 0 N–H and O–H groups in total. The third kappa shape index (κ3) is 3.82. The number of amides is 2.